The molecular formula is C17H26N2O3S. The fourth-order valence-electron chi connectivity index (χ4n) is 2.93. The highest BCUT2D eigenvalue weighted by Gasteiger charge is 2.31. The number of urea groups is 1. The highest BCUT2D eigenvalue weighted by atomic mass is 32.2. The zero-order valence-electron chi connectivity index (χ0n) is 14.1. The van der Waals surface area contributed by atoms with Crippen LogP contribution in [0.25, 0.3) is 0 Å². The summed E-state index contributed by atoms with van der Waals surface area (Å²) < 4.78 is 23.2. The van der Waals surface area contributed by atoms with Crippen molar-refractivity contribution in [3.63, 3.8) is 0 Å². The molecular weight excluding hydrogens is 312 g/mol. The van der Waals surface area contributed by atoms with Crippen LogP contribution in [0.15, 0.2) is 30.3 Å². The molecule has 1 aliphatic heterocycles. The van der Waals surface area contributed by atoms with Gasteiger partial charge in [-0.3, -0.25) is 0 Å². The minimum absolute atomic E-state index is 0.0494. The van der Waals surface area contributed by atoms with Crippen molar-refractivity contribution in [3.8, 4) is 0 Å². The van der Waals surface area contributed by atoms with Crippen LogP contribution in [0.1, 0.15) is 26.3 Å². The molecule has 1 heterocycles. The van der Waals surface area contributed by atoms with Gasteiger partial charge in [-0.25, -0.2) is 13.2 Å². The molecule has 0 saturated carbocycles. The molecule has 2 rings (SSSR count). The van der Waals surface area contributed by atoms with Crippen molar-refractivity contribution in [3.05, 3.63) is 35.9 Å². The summed E-state index contributed by atoms with van der Waals surface area (Å²) in [7, 11) is -3.00. The van der Waals surface area contributed by atoms with E-state index in [-0.39, 0.29) is 35.5 Å². The molecule has 0 bridgehead atoms. The van der Waals surface area contributed by atoms with Crippen LogP contribution in [-0.2, 0) is 16.3 Å². The summed E-state index contributed by atoms with van der Waals surface area (Å²) in [6.45, 7) is 6.84. The molecule has 5 nitrogen and oxygen atoms in total. The molecule has 1 aromatic rings. The van der Waals surface area contributed by atoms with Crippen LogP contribution >= 0.6 is 0 Å². The zero-order valence-corrected chi connectivity index (χ0v) is 14.9. The van der Waals surface area contributed by atoms with Crippen molar-refractivity contribution < 1.29 is 13.2 Å². The molecule has 6 heteroatoms. The third-order valence-corrected chi connectivity index (χ3v) is 5.97. The Morgan fingerprint density at radius 2 is 1.96 bits per heavy atom. The molecule has 1 atom stereocenters. The van der Waals surface area contributed by atoms with Gasteiger partial charge in [0.05, 0.1) is 11.5 Å². The average molecular weight is 338 g/mol. The van der Waals surface area contributed by atoms with Gasteiger partial charge >= 0.3 is 6.03 Å². The number of hydrogen-bond donors (Lipinski definition) is 1. The van der Waals surface area contributed by atoms with E-state index in [1.165, 1.54) is 5.56 Å². The first-order valence-corrected chi connectivity index (χ1v) is 9.79. The predicted molar refractivity (Wildman–Crippen MR) is 92.1 cm³/mol. The van der Waals surface area contributed by atoms with Crippen LogP contribution in [0, 0.1) is 5.41 Å². The van der Waals surface area contributed by atoms with E-state index in [4.69, 9.17) is 0 Å². The van der Waals surface area contributed by atoms with Crippen LogP contribution in [0.4, 0.5) is 4.79 Å². The quantitative estimate of drug-likeness (QED) is 0.914. The number of benzene rings is 1. The number of rotatable bonds is 4. The van der Waals surface area contributed by atoms with Crippen molar-refractivity contribution in [1.82, 2.24) is 10.2 Å². The molecule has 2 amide bonds. The van der Waals surface area contributed by atoms with Gasteiger partial charge in [-0.1, -0.05) is 44.2 Å². The lowest BCUT2D eigenvalue weighted by Gasteiger charge is -2.34. The first-order chi connectivity index (χ1) is 10.7. The van der Waals surface area contributed by atoms with E-state index in [0.717, 1.165) is 6.42 Å². The maximum atomic E-state index is 12.3. The van der Waals surface area contributed by atoms with Crippen LogP contribution in [-0.4, -0.2) is 50.0 Å². The molecule has 1 aliphatic rings. The first-order valence-electron chi connectivity index (χ1n) is 7.97. The number of nitrogens with zero attached hydrogens (tertiary/aromatic N) is 1. The minimum atomic E-state index is -3.00. The number of amides is 2. The van der Waals surface area contributed by atoms with Crippen LogP contribution in [0.2, 0.25) is 0 Å². The Bertz CT molecular complexity index is 641. The lowest BCUT2D eigenvalue weighted by atomic mass is 9.86. The maximum absolute atomic E-state index is 12.3. The Labute approximate surface area is 139 Å². The molecule has 23 heavy (non-hydrogen) atoms. The first kappa shape index (κ1) is 17.8. The number of carbonyl (C=O) groups is 1. The van der Waals surface area contributed by atoms with Crippen LogP contribution in [0.5, 0.6) is 0 Å². The lowest BCUT2D eigenvalue weighted by Crippen LogP contribution is -2.54. The van der Waals surface area contributed by atoms with Gasteiger partial charge in [0, 0.05) is 19.1 Å². The fraction of sp³-hybridized carbons (Fsp3) is 0.588. The summed E-state index contributed by atoms with van der Waals surface area (Å²) >= 11 is 0. The second-order valence-corrected chi connectivity index (χ2v) is 9.37. The standard InChI is InChI=1S/C17H26N2O3S/c1-14-12-23(21,22)10-9-19(14)16(20)18-13-17(2,3)11-15-7-5-4-6-8-15/h4-8,14H,9-13H2,1-3H3,(H,18,20). The number of carbonyl (C=O) groups excluding carboxylic acids is 1. The average Bonchev–Trinajstić information content (AvgIpc) is 2.44. The molecule has 0 spiro atoms. The molecule has 0 aromatic heterocycles. The Morgan fingerprint density at radius 3 is 2.57 bits per heavy atom. The third kappa shape index (κ3) is 5.23. The highest BCUT2D eigenvalue weighted by Crippen LogP contribution is 2.21. The van der Waals surface area contributed by atoms with E-state index >= 15 is 0 Å². The second-order valence-electron chi connectivity index (χ2n) is 7.14. The van der Waals surface area contributed by atoms with E-state index < -0.39 is 9.84 Å². The third-order valence-electron chi connectivity index (χ3n) is 4.17. The van der Waals surface area contributed by atoms with Gasteiger partial charge in [0.2, 0.25) is 0 Å². The summed E-state index contributed by atoms with van der Waals surface area (Å²) in [5.41, 5.74) is 1.17. The normalized spacial score (nSPS) is 21.0. The summed E-state index contributed by atoms with van der Waals surface area (Å²) in [5, 5.41) is 2.96. The molecule has 1 N–H and O–H groups in total. The van der Waals surface area contributed by atoms with Crippen molar-refractivity contribution in [1.29, 1.82) is 0 Å². The zero-order chi connectivity index (χ0) is 17.1. The maximum Gasteiger partial charge on any atom is 0.317 e. The van der Waals surface area contributed by atoms with E-state index in [1.54, 1.807) is 11.8 Å². The smallest absolute Gasteiger partial charge is 0.317 e. The van der Waals surface area contributed by atoms with Gasteiger partial charge < -0.3 is 10.2 Å². The lowest BCUT2D eigenvalue weighted by molar-refractivity contribution is 0.179. The number of sulfone groups is 1. The molecule has 1 fully saturated rings. The summed E-state index contributed by atoms with van der Waals surface area (Å²) in [6.07, 6.45) is 0.873. The van der Waals surface area contributed by atoms with Gasteiger partial charge in [0.25, 0.3) is 0 Å². The molecule has 1 unspecified atom stereocenters. The van der Waals surface area contributed by atoms with Crippen LogP contribution in [0.3, 0.4) is 0 Å². The van der Waals surface area contributed by atoms with E-state index in [0.29, 0.717) is 6.54 Å². The fourth-order valence-corrected chi connectivity index (χ4v) is 4.48. The summed E-state index contributed by atoms with van der Waals surface area (Å²) in [5.74, 6) is 0.103. The van der Waals surface area contributed by atoms with Crippen molar-refractivity contribution in [2.24, 2.45) is 5.41 Å². The molecule has 0 aliphatic carbocycles. The van der Waals surface area contributed by atoms with Crippen LogP contribution < -0.4 is 5.32 Å². The highest BCUT2D eigenvalue weighted by molar-refractivity contribution is 7.91. The van der Waals surface area contributed by atoms with Crippen molar-refractivity contribution in [2.75, 3.05) is 24.6 Å². The van der Waals surface area contributed by atoms with Crippen molar-refractivity contribution >= 4 is 15.9 Å². The number of hydrogen-bond acceptors (Lipinski definition) is 3. The molecule has 0 radical (unpaired) electrons. The SMILES string of the molecule is CC1CS(=O)(=O)CCN1C(=O)NCC(C)(C)Cc1ccccc1. The van der Waals surface area contributed by atoms with E-state index in [1.807, 2.05) is 18.2 Å². The second kappa shape index (κ2) is 6.91. The largest absolute Gasteiger partial charge is 0.337 e. The molecule has 1 saturated heterocycles. The Morgan fingerprint density at radius 1 is 1.30 bits per heavy atom. The van der Waals surface area contributed by atoms with E-state index in [9.17, 15) is 13.2 Å². The van der Waals surface area contributed by atoms with Gasteiger partial charge in [-0.05, 0) is 24.3 Å². The van der Waals surface area contributed by atoms with Gasteiger partial charge in [-0.15, -0.1) is 0 Å². The topological polar surface area (TPSA) is 66.5 Å². The Balaban J connectivity index is 1.88. The van der Waals surface area contributed by atoms with E-state index in [2.05, 4.69) is 31.3 Å². The van der Waals surface area contributed by atoms with Crippen molar-refractivity contribution in [2.45, 2.75) is 33.2 Å². The number of nitrogens with one attached hydrogen (secondary N) is 1. The molecule has 128 valence electrons. The summed E-state index contributed by atoms with van der Waals surface area (Å²) in [6, 6.07) is 9.74. The monoisotopic (exact) mass is 338 g/mol. The Kier molecular flexibility index (Phi) is 5.34. The van der Waals surface area contributed by atoms with Gasteiger partial charge in [0.15, 0.2) is 9.84 Å². The minimum Gasteiger partial charge on any atom is -0.337 e. The Hall–Kier alpha value is -1.56. The van der Waals surface area contributed by atoms with Gasteiger partial charge in [-0.2, -0.15) is 0 Å². The molecule has 1 aromatic carbocycles. The predicted octanol–water partition coefficient (Wildman–Crippen LogP) is 2.08. The van der Waals surface area contributed by atoms with Gasteiger partial charge in [0.1, 0.15) is 0 Å². The summed E-state index contributed by atoms with van der Waals surface area (Å²) in [4.78, 5) is 14.0.